The molecule has 0 saturated carbocycles. The maximum Gasteiger partial charge on any atom is 0.305 e. The Hall–Kier alpha value is -4.34. The molecule has 1 amide bonds. The molecule has 42 heavy (non-hydrogen) atoms. The fraction of sp³-hybridized carbons (Fsp3) is 0.273. The third kappa shape index (κ3) is 7.10. The van der Waals surface area contributed by atoms with Gasteiger partial charge in [0.2, 0.25) is 0 Å². The Balaban J connectivity index is 1.92. The Morgan fingerprint density at radius 3 is 2.10 bits per heavy atom. The van der Waals surface area contributed by atoms with E-state index in [2.05, 4.69) is 5.32 Å². The largest absolute Gasteiger partial charge is 0.481 e. The van der Waals surface area contributed by atoms with Crippen LogP contribution in [0.1, 0.15) is 55.1 Å². The number of rotatable bonds is 12. The van der Waals surface area contributed by atoms with Crippen LogP contribution in [0.15, 0.2) is 78.9 Å². The molecule has 220 valence electrons. The third-order valence-electron chi connectivity index (χ3n) is 7.01. The SMILES string of the molecule is CC(C)c1c(C(=O)Nc2ccccc2)c(-c2ccccc2)c(-c2ccc(F)c(F)c2)n1CC[C@@H](O)C[C@@H](O)CC(=O)O. The first-order valence-electron chi connectivity index (χ1n) is 13.8. The number of carboxylic acid groups (broad SMARTS) is 1. The molecule has 0 bridgehead atoms. The van der Waals surface area contributed by atoms with Gasteiger partial charge in [-0.2, -0.15) is 0 Å². The summed E-state index contributed by atoms with van der Waals surface area (Å²) >= 11 is 0. The number of hydrogen-bond acceptors (Lipinski definition) is 4. The predicted octanol–water partition coefficient (Wildman–Crippen LogP) is 6.45. The van der Waals surface area contributed by atoms with E-state index >= 15 is 0 Å². The summed E-state index contributed by atoms with van der Waals surface area (Å²) in [6.07, 6.45) is -2.83. The maximum absolute atomic E-state index is 14.6. The van der Waals surface area contributed by atoms with Crippen molar-refractivity contribution in [3.63, 3.8) is 0 Å². The van der Waals surface area contributed by atoms with Crippen LogP contribution in [-0.4, -0.2) is 44.0 Å². The van der Waals surface area contributed by atoms with Crippen LogP contribution in [0.2, 0.25) is 0 Å². The van der Waals surface area contributed by atoms with Gasteiger partial charge in [0.05, 0.1) is 29.9 Å². The van der Waals surface area contributed by atoms with Gasteiger partial charge in [0.25, 0.3) is 5.91 Å². The summed E-state index contributed by atoms with van der Waals surface area (Å²) in [4.78, 5) is 25.0. The number of nitrogens with one attached hydrogen (secondary N) is 1. The minimum absolute atomic E-state index is 0.107. The number of carbonyl (C=O) groups excluding carboxylic acids is 1. The predicted molar refractivity (Wildman–Crippen MR) is 157 cm³/mol. The molecular weight excluding hydrogens is 542 g/mol. The molecule has 3 aromatic carbocycles. The minimum atomic E-state index is -1.23. The highest BCUT2D eigenvalue weighted by molar-refractivity contribution is 6.12. The van der Waals surface area contributed by atoms with Crippen molar-refractivity contribution in [2.24, 2.45) is 0 Å². The molecule has 0 unspecified atom stereocenters. The first-order valence-corrected chi connectivity index (χ1v) is 13.8. The van der Waals surface area contributed by atoms with Crippen LogP contribution in [0.5, 0.6) is 0 Å². The summed E-state index contributed by atoms with van der Waals surface area (Å²) in [5.74, 6) is -3.82. The topological polar surface area (TPSA) is 112 Å². The van der Waals surface area contributed by atoms with Gasteiger partial charge >= 0.3 is 5.97 Å². The number of amides is 1. The molecule has 4 N–H and O–H groups in total. The van der Waals surface area contributed by atoms with Crippen molar-refractivity contribution in [2.75, 3.05) is 5.32 Å². The van der Waals surface area contributed by atoms with Gasteiger partial charge in [-0.25, -0.2) is 8.78 Å². The van der Waals surface area contributed by atoms with Gasteiger partial charge in [-0.1, -0.05) is 62.4 Å². The Bertz CT molecular complexity index is 1540. The zero-order chi connectivity index (χ0) is 30.4. The molecule has 0 saturated heterocycles. The summed E-state index contributed by atoms with van der Waals surface area (Å²) in [6.45, 7) is 3.99. The van der Waals surface area contributed by atoms with E-state index in [1.54, 1.807) is 24.3 Å². The fourth-order valence-corrected chi connectivity index (χ4v) is 5.24. The Kier molecular flexibility index (Phi) is 9.88. The Labute approximate surface area is 243 Å². The average Bonchev–Trinajstić information content (AvgIpc) is 3.29. The molecule has 4 aromatic rings. The van der Waals surface area contributed by atoms with E-state index in [9.17, 15) is 28.6 Å². The number of halogens is 2. The number of aromatic nitrogens is 1. The number of carbonyl (C=O) groups is 2. The normalized spacial score (nSPS) is 12.7. The number of aliphatic carboxylic acids is 1. The Morgan fingerprint density at radius 2 is 1.50 bits per heavy atom. The fourth-order valence-electron chi connectivity index (χ4n) is 5.24. The first kappa shape index (κ1) is 30.6. The molecule has 4 rings (SSSR count). The van der Waals surface area contributed by atoms with Gasteiger partial charge in [-0.15, -0.1) is 0 Å². The molecule has 0 fully saturated rings. The lowest BCUT2D eigenvalue weighted by atomic mass is 9.94. The highest BCUT2D eigenvalue weighted by Crippen LogP contribution is 2.43. The first-order chi connectivity index (χ1) is 20.1. The van der Waals surface area contributed by atoms with Gasteiger partial charge in [-0.05, 0) is 54.7 Å². The summed E-state index contributed by atoms with van der Waals surface area (Å²) in [7, 11) is 0. The molecular formula is C33H34F2N2O5. The molecule has 0 radical (unpaired) electrons. The lowest BCUT2D eigenvalue weighted by Crippen LogP contribution is -2.22. The molecule has 0 spiro atoms. The van der Waals surface area contributed by atoms with Crippen molar-refractivity contribution in [1.82, 2.24) is 4.57 Å². The van der Waals surface area contributed by atoms with Crippen LogP contribution in [0.3, 0.4) is 0 Å². The van der Waals surface area contributed by atoms with Crippen LogP contribution in [0, 0.1) is 11.6 Å². The van der Waals surface area contributed by atoms with Crippen molar-refractivity contribution < 1.29 is 33.7 Å². The van der Waals surface area contributed by atoms with Crippen molar-refractivity contribution in [3.05, 3.63) is 102 Å². The monoisotopic (exact) mass is 576 g/mol. The number of aliphatic hydroxyl groups is 2. The Morgan fingerprint density at radius 1 is 0.857 bits per heavy atom. The highest BCUT2D eigenvalue weighted by atomic mass is 19.2. The smallest absolute Gasteiger partial charge is 0.305 e. The van der Waals surface area contributed by atoms with Gasteiger partial charge in [-0.3, -0.25) is 9.59 Å². The summed E-state index contributed by atoms with van der Waals surface area (Å²) in [5, 5.41) is 32.7. The summed E-state index contributed by atoms with van der Waals surface area (Å²) < 4.78 is 30.5. The molecule has 1 aromatic heterocycles. The average molecular weight is 577 g/mol. The number of aliphatic hydroxyl groups excluding tert-OH is 2. The maximum atomic E-state index is 14.6. The van der Waals surface area contributed by atoms with E-state index in [0.29, 0.717) is 39.3 Å². The highest BCUT2D eigenvalue weighted by Gasteiger charge is 2.31. The van der Waals surface area contributed by atoms with Crippen LogP contribution >= 0.6 is 0 Å². The van der Waals surface area contributed by atoms with E-state index in [1.165, 1.54) is 6.07 Å². The molecule has 7 nitrogen and oxygen atoms in total. The van der Waals surface area contributed by atoms with Gasteiger partial charge in [0.1, 0.15) is 0 Å². The van der Waals surface area contributed by atoms with Crippen LogP contribution in [0.4, 0.5) is 14.5 Å². The van der Waals surface area contributed by atoms with Crippen molar-refractivity contribution in [2.45, 2.75) is 57.8 Å². The second kappa shape index (κ2) is 13.5. The third-order valence-corrected chi connectivity index (χ3v) is 7.01. The molecule has 1 heterocycles. The van der Waals surface area contributed by atoms with E-state index in [-0.39, 0.29) is 31.2 Å². The quantitative estimate of drug-likeness (QED) is 0.155. The summed E-state index contributed by atoms with van der Waals surface area (Å²) in [5.41, 5.74) is 3.60. The molecule has 0 aliphatic rings. The molecule has 0 aliphatic carbocycles. The minimum Gasteiger partial charge on any atom is -0.481 e. The summed E-state index contributed by atoms with van der Waals surface area (Å²) in [6, 6.07) is 21.7. The van der Waals surface area contributed by atoms with Crippen molar-refractivity contribution >= 4 is 17.6 Å². The molecule has 2 atom stereocenters. The number of carboxylic acids is 1. The van der Waals surface area contributed by atoms with Crippen LogP contribution < -0.4 is 5.32 Å². The number of benzene rings is 3. The molecule has 0 aliphatic heterocycles. The van der Waals surface area contributed by atoms with Crippen LogP contribution in [0.25, 0.3) is 22.4 Å². The second-order valence-electron chi connectivity index (χ2n) is 10.5. The van der Waals surface area contributed by atoms with E-state index < -0.39 is 36.2 Å². The van der Waals surface area contributed by atoms with Gasteiger partial charge < -0.3 is 25.2 Å². The van der Waals surface area contributed by atoms with Gasteiger partial charge in [0.15, 0.2) is 11.6 Å². The number of anilines is 1. The number of nitrogens with zero attached hydrogens (tertiary/aromatic N) is 1. The number of hydrogen-bond donors (Lipinski definition) is 4. The van der Waals surface area contributed by atoms with E-state index in [0.717, 1.165) is 12.1 Å². The van der Waals surface area contributed by atoms with Crippen molar-refractivity contribution in [1.29, 1.82) is 0 Å². The standard InChI is InChI=1S/C33H34F2N2O5/c1-20(2)31-30(33(42)36-23-11-7-4-8-12-23)29(21-9-5-3-6-10-21)32(22-13-14-26(34)27(35)17-22)37(31)16-15-24(38)18-25(39)19-28(40)41/h3-14,17,20,24-25,38-39H,15-16,18-19H2,1-2H3,(H,36,42)(H,40,41)/t24-,25-/m1/s1. The van der Waals surface area contributed by atoms with Crippen molar-refractivity contribution in [3.8, 4) is 22.4 Å². The zero-order valence-corrected chi connectivity index (χ0v) is 23.4. The van der Waals surface area contributed by atoms with E-state index in [1.807, 2.05) is 54.8 Å². The van der Waals surface area contributed by atoms with E-state index in [4.69, 9.17) is 5.11 Å². The lowest BCUT2D eigenvalue weighted by Gasteiger charge is -2.20. The van der Waals surface area contributed by atoms with Crippen LogP contribution in [-0.2, 0) is 11.3 Å². The molecule has 9 heteroatoms. The second-order valence-corrected chi connectivity index (χ2v) is 10.5. The van der Waals surface area contributed by atoms with Gasteiger partial charge in [0, 0.05) is 29.1 Å². The lowest BCUT2D eigenvalue weighted by molar-refractivity contribution is -0.139. The number of para-hydroxylation sites is 1. The zero-order valence-electron chi connectivity index (χ0n) is 23.4.